The largest absolute Gasteiger partial charge is 0.493 e. The van der Waals surface area contributed by atoms with Gasteiger partial charge in [0.25, 0.3) is 5.91 Å². The Hall–Kier alpha value is -4.61. The lowest BCUT2D eigenvalue weighted by Crippen LogP contribution is -2.54. The van der Waals surface area contributed by atoms with Crippen molar-refractivity contribution in [2.24, 2.45) is 17.8 Å². The summed E-state index contributed by atoms with van der Waals surface area (Å²) in [6.45, 7) is 5.08. The first-order valence-corrected chi connectivity index (χ1v) is 14.5. The van der Waals surface area contributed by atoms with Gasteiger partial charge in [-0.15, -0.1) is 0 Å². The minimum atomic E-state index is -0.575. The average Bonchev–Trinajstić information content (AvgIpc) is 3.63. The van der Waals surface area contributed by atoms with Crippen molar-refractivity contribution in [3.05, 3.63) is 54.0 Å². The number of likely N-dealkylation sites (N-methyl/N-ethyl adjacent to an activating group) is 1. The first-order valence-electron chi connectivity index (χ1n) is 14.5. The summed E-state index contributed by atoms with van der Waals surface area (Å²) in [5, 5.41) is 6.15. The van der Waals surface area contributed by atoms with Gasteiger partial charge in [-0.3, -0.25) is 24.2 Å². The summed E-state index contributed by atoms with van der Waals surface area (Å²) >= 11 is 0. The Bertz CT molecular complexity index is 1520. The summed E-state index contributed by atoms with van der Waals surface area (Å²) in [4.78, 5) is 63.2. The molecule has 43 heavy (non-hydrogen) atoms. The zero-order valence-electron chi connectivity index (χ0n) is 24.9. The molecule has 0 radical (unpaired) electrons. The van der Waals surface area contributed by atoms with E-state index in [1.807, 2.05) is 26.1 Å². The lowest BCUT2D eigenvalue weighted by molar-refractivity contribution is -0.139. The Balaban J connectivity index is 1.35. The van der Waals surface area contributed by atoms with E-state index in [-0.39, 0.29) is 61.1 Å². The number of hydrogen-bond donors (Lipinski definition) is 3. The second-order valence-electron chi connectivity index (χ2n) is 11.4. The van der Waals surface area contributed by atoms with E-state index in [0.29, 0.717) is 36.7 Å². The van der Waals surface area contributed by atoms with Crippen molar-refractivity contribution in [1.82, 2.24) is 30.4 Å². The van der Waals surface area contributed by atoms with Gasteiger partial charge in [0.15, 0.2) is 11.5 Å². The van der Waals surface area contributed by atoms with Crippen LogP contribution in [0.1, 0.15) is 29.8 Å². The molecule has 2 aromatic heterocycles. The maximum absolute atomic E-state index is 13.7. The highest BCUT2D eigenvalue weighted by atomic mass is 16.5. The maximum atomic E-state index is 13.7. The number of nitrogens with zero attached hydrogens (tertiary/aromatic N) is 3. The molecular formula is C31H38N6O6. The van der Waals surface area contributed by atoms with Crippen molar-refractivity contribution in [2.45, 2.75) is 26.4 Å². The number of hydrogen-bond acceptors (Lipinski definition) is 7. The number of piperidine rings is 1. The molecule has 0 saturated carbocycles. The van der Waals surface area contributed by atoms with Crippen LogP contribution in [-0.2, 0) is 20.8 Å². The van der Waals surface area contributed by atoms with Gasteiger partial charge in [-0.05, 0) is 55.5 Å². The van der Waals surface area contributed by atoms with Crippen LogP contribution in [0.5, 0.6) is 11.5 Å². The summed E-state index contributed by atoms with van der Waals surface area (Å²) in [5.41, 5.74) is 2.15. The van der Waals surface area contributed by atoms with E-state index >= 15 is 0 Å². The van der Waals surface area contributed by atoms with E-state index in [1.165, 1.54) is 14.2 Å². The fraction of sp³-hybridized carbons (Fsp3) is 0.452. The fourth-order valence-corrected chi connectivity index (χ4v) is 6.10. The van der Waals surface area contributed by atoms with E-state index < -0.39 is 5.92 Å². The van der Waals surface area contributed by atoms with Crippen LogP contribution >= 0.6 is 0 Å². The summed E-state index contributed by atoms with van der Waals surface area (Å²) in [6.07, 6.45) is 5.33. The van der Waals surface area contributed by atoms with Crippen LogP contribution in [0.3, 0.4) is 0 Å². The SMILES string of the molecule is CNC(=O)CNC(=O)C1CN(C(=O)Cc2c[nH]c3cnccc23)CC2CN(C(=O)c3ccc(OC(C)C)c(OC)c3)CC21. The second kappa shape index (κ2) is 12.7. The van der Waals surface area contributed by atoms with Crippen LogP contribution in [0.25, 0.3) is 10.9 Å². The number of methoxy groups -OCH3 is 1. The number of aromatic amines is 1. The maximum Gasteiger partial charge on any atom is 0.254 e. The number of carbonyl (C=O) groups excluding carboxylic acids is 4. The van der Waals surface area contributed by atoms with Gasteiger partial charge in [0.2, 0.25) is 17.7 Å². The Morgan fingerprint density at radius 3 is 2.60 bits per heavy atom. The molecule has 4 heterocycles. The number of ether oxygens (including phenoxy) is 2. The molecule has 3 N–H and O–H groups in total. The Morgan fingerprint density at radius 1 is 1.07 bits per heavy atom. The first kappa shape index (κ1) is 29.9. The molecule has 2 aliphatic rings. The molecule has 12 heteroatoms. The van der Waals surface area contributed by atoms with Crippen molar-refractivity contribution in [3.63, 3.8) is 0 Å². The van der Waals surface area contributed by atoms with Crippen LogP contribution in [0, 0.1) is 17.8 Å². The van der Waals surface area contributed by atoms with Gasteiger partial charge >= 0.3 is 0 Å². The predicted molar refractivity (Wildman–Crippen MR) is 159 cm³/mol. The molecular weight excluding hydrogens is 552 g/mol. The van der Waals surface area contributed by atoms with Gasteiger partial charge in [0.1, 0.15) is 0 Å². The van der Waals surface area contributed by atoms with Gasteiger partial charge in [0, 0.05) is 56.6 Å². The molecule has 5 rings (SSSR count). The van der Waals surface area contributed by atoms with Crippen molar-refractivity contribution in [1.29, 1.82) is 0 Å². The molecule has 4 amide bonds. The van der Waals surface area contributed by atoms with Crippen LogP contribution in [0.15, 0.2) is 42.9 Å². The summed E-state index contributed by atoms with van der Waals surface area (Å²) in [5.74, 6) is -0.727. The highest BCUT2D eigenvalue weighted by Crippen LogP contribution is 2.37. The standard InChI is InChI=1S/C31H38N6O6/c1-18(2)43-26-6-5-19(9-27(26)42-4)31(41)37-15-21-14-36(17-24(23(21)16-37)30(40)35-13-28(38)32-3)29(39)10-20-11-34-25-12-33-8-7-22(20)25/h5-9,11-12,18,21,23-24,34H,10,13-17H2,1-4H3,(H,32,38)(H,35,40). The summed E-state index contributed by atoms with van der Waals surface area (Å²) in [6, 6.07) is 6.98. The monoisotopic (exact) mass is 590 g/mol. The molecule has 12 nitrogen and oxygen atoms in total. The van der Waals surface area contributed by atoms with E-state index in [0.717, 1.165) is 16.5 Å². The number of H-pyrrole nitrogens is 1. The molecule has 0 aliphatic carbocycles. The van der Waals surface area contributed by atoms with Crippen LogP contribution in [0.2, 0.25) is 0 Å². The minimum Gasteiger partial charge on any atom is -0.493 e. The molecule has 1 aromatic carbocycles. The number of benzene rings is 1. The van der Waals surface area contributed by atoms with Crippen LogP contribution < -0.4 is 20.1 Å². The number of pyridine rings is 1. The number of nitrogens with one attached hydrogen (secondary N) is 3. The van der Waals surface area contributed by atoms with Crippen molar-refractivity contribution >= 4 is 34.5 Å². The zero-order chi connectivity index (χ0) is 30.7. The Kier molecular flexibility index (Phi) is 8.84. The second-order valence-corrected chi connectivity index (χ2v) is 11.4. The first-order chi connectivity index (χ1) is 20.7. The normalized spacial score (nSPS) is 19.7. The van der Waals surface area contributed by atoms with E-state index in [9.17, 15) is 19.2 Å². The number of rotatable bonds is 9. The average molecular weight is 591 g/mol. The Morgan fingerprint density at radius 2 is 1.86 bits per heavy atom. The number of amides is 4. The molecule has 0 spiro atoms. The quantitative estimate of drug-likeness (QED) is 0.343. The van der Waals surface area contributed by atoms with E-state index in [2.05, 4.69) is 20.6 Å². The van der Waals surface area contributed by atoms with Gasteiger partial charge in [-0.25, -0.2) is 0 Å². The van der Waals surface area contributed by atoms with E-state index in [1.54, 1.807) is 40.4 Å². The number of carbonyl (C=O) groups is 4. The third-order valence-corrected chi connectivity index (χ3v) is 8.24. The molecule has 228 valence electrons. The predicted octanol–water partition coefficient (Wildman–Crippen LogP) is 1.61. The summed E-state index contributed by atoms with van der Waals surface area (Å²) in [7, 11) is 3.03. The van der Waals surface area contributed by atoms with Gasteiger partial charge < -0.3 is 34.9 Å². The fourth-order valence-electron chi connectivity index (χ4n) is 6.10. The third-order valence-electron chi connectivity index (χ3n) is 8.24. The molecule has 2 fully saturated rings. The number of fused-ring (bicyclic) bond motifs is 2. The molecule has 3 atom stereocenters. The van der Waals surface area contributed by atoms with Crippen molar-refractivity contribution in [3.8, 4) is 11.5 Å². The molecule has 2 aliphatic heterocycles. The van der Waals surface area contributed by atoms with E-state index in [4.69, 9.17) is 9.47 Å². The van der Waals surface area contributed by atoms with Crippen LogP contribution in [0.4, 0.5) is 0 Å². The lowest BCUT2D eigenvalue weighted by Gasteiger charge is -2.39. The van der Waals surface area contributed by atoms with Gasteiger partial charge in [-0.2, -0.15) is 0 Å². The van der Waals surface area contributed by atoms with Crippen molar-refractivity contribution in [2.75, 3.05) is 46.9 Å². The number of likely N-dealkylation sites (tertiary alicyclic amines) is 2. The summed E-state index contributed by atoms with van der Waals surface area (Å²) < 4.78 is 11.3. The topological polar surface area (TPSA) is 146 Å². The zero-order valence-corrected chi connectivity index (χ0v) is 24.9. The van der Waals surface area contributed by atoms with Crippen LogP contribution in [-0.4, -0.2) is 96.4 Å². The van der Waals surface area contributed by atoms with Crippen molar-refractivity contribution < 1.29 is 28.7 Å². The van der Waals surface area contributed by atoms with Gasteiger partial charge in [0.05, 0.1) is 43.8 Å². The molecule has 0 bridgehead atoms. The smallest absolute Gasteiger partial charge is 0.254 e. The minimum absolute atomic E-state index is 0.0535. The highest BCUT2D eigenvalue weighted by molar-refractivity contribution is 5.95. The van der Waals surface area contributed by atoms with Gasteiger partial charge in [-0.1, -0.05) is 0 Å². The third kappa shape index (κ3) is 6.42. The Labute approximate surface area is 250 Å². The molecule has 3 aromatic rings. The highest BCUT2D eigenvalue weighted by Gasteiger charge is 2.47. The number of aromatic nitrogens is 2. The molecule has 3 unspecified atom stereocenters. The lowest BCUT2D eigenvalue weighted by atomic mass is 9.79. The molecule has 2 saturated heterocycles.